The second-order valence-corrected chi connectivity index (χ2v) is 5.81. The highest BCUT2D eigenvalue weighted by molar-refractivity contribution is 6.32. The Morgan fingerprint density at radius 1 is 1.12 bits per heavy atom. The van der Waals surface area contributed by atoms with Gasteiger partial charge in [-0.05, 0) is 30.3 Å². The quantitative estimate of drug-likeness (QED) is 0.649. The van der Waals surface area contributed by atoms with E-state index in [1.807, 2.05) is 6.07 Å². The summed E-state index contributed by atoms with van der Waals surface area (Å²) >= 11 is 12.1. The smallest absolute Gasteiger partial charge is 0.407 e. The largest absolute Gasteiger partial charge is 0.490 e. The molecule has 2 rings (SSSR count). The summed E-state index contributed by atoms with van der Waals surface area (Å²) in [6.45, 7) is 0.507. The lowest BCUT2D eigenvalue weighted by Gasteiger charge is -2.11. The van der Waals surface area contributed by atoms with Crippen molar-refractivity contribution in [2.45, 2.75) is 6.42 Å². The zero-order valence-electron chi connectivity index (χ0n) is 13.7. The third-order valence-electron chi connectivity index (χ3n) is 3.01. The van der Waals surface area contributed by atoms with Crippen molar-refractivity contribution in [1.29, 1.82) is 5.26 Å². The topological polar surface area (TPSA) is 80.6 Å². The molecule has 0 saturated heterocycles. The van der Waals surface area contributed by atoms with Crippen LogP contribution in [0.4, 0.5) is 4.79 Å². The zero-order valence-corrected chi connectivity index (χ0v) is 15.2. The van der Waals surface area contributed by atoms with E-state index in [2.05, 4.69) is 5.32 Å². The Labute approximate surface area is 161 Å². The molecular weight excluding hydrogens is 379 g/mol. The van der Waals surface area contributed by atoms with Gasteiger partial charge in [-0.25, -0.2) is 4.79 Å². The molecule has 0 aliphatic rings. The van der Waals surface area contributed by atoms with E-state index in [4.69, 9.17) is 42.7 Å². The fourth-order valence-corrected chi connectivity index (χ4v) is 2.29. The van der Waals surface area contributed by atoms with Crippen LogP contribution >= 0.6 is 23.2 Å². The molecule has 0 unspecified atom stereocenters. The highest BCUT2D eigenvalue weighted by Gasteiger charge is 2.06. The SMILES string of the molecule is N#CCCOC(=O)NCCOc1ccc(Oc2cccc(Cl)c2)cc1Cl. The molecule has 0 spiro atoms. The number of benzene rings is 2. The minimum atomic E-state index is -0.597. The Morgan fingerprint density at radius 2 is 1.92 bits per heavy atom. The number of halogens is 2. The van der Waals surface area contributed by atoms with Crippen molar-refractivity contribution >= 4 is 29.3 Å². The van der Waals surface area contributed by atoms with Crippen LogP contribution in [-0.4, -0.2) is 25.9 Å². The lowest BCUT2D eigenvalue weighted by molar-refractivity contribution is 0.146. The summed E-state index contributed by atoms with van der Waals surface area (Å²) in [7, 11) is 0. The Hall–Kier alpha value is -2.62. The number of alkyl carbamates (subject to hydrolysis) is 1. The number of carbonyl (C=O) groups excluding carboxylic acids is 1. The third kappa shape index (κ3) is 6.71. The molecule has 0 aliphatic carbocycles. The van der Waals surface area contributed by atoms with Gasteiger partial charge in [-0.15, -0.1) is 0 Å². The van der Waals surface area contributed by atoms with E-state index in [0.717, 1.165) is 0 Å². The van der Waals surface area contributed by atoms with Crippen LogP contribution in [0.5, 0.6) is 17.2 Å². The van der Waals surface area contributed by atoms with Gasteiger partial charge in [0.1, 0.15) is 30.5 Å². The molecule has 136 valence electrons. The first-order valence-corrected chi connectivity index (χ1v) is 8.47. The van der Waals surface area contributed by atoms with Gasteiger partial charge in [0.25, 0.3) is 0 Å². The van der Waals surface area contributed by atoms with Crippen molar-refractivity contribution in [3.8, 4) is 23.3 Å². The van der Waals surface area contributed by atoms with Crippen LogP contribution in [0, 0.1) is 11.3 Å². The normalized spacial score (nSPS) is 9.88. The van der Waals surface area contributed by atoms with E-state index >= 15 is 0 Å². The highest BCUT2D eigenvalue weighted by atomic mass is 35.5. The Morgan fingerprint density at radius 3 is 2.65 bits per heavy atom. The van der Waals surface area contributed by atoms with E-state index in [0.29, 0.717) is 27.3 Å². The van der Waals surface area contributed by atoms with Gasteiger partial charge in [-0.2, -0.15) is 5.26 Å². The van der Waals surface area contributed by atoms with E-state index in [1.165, 1.54) is 0 Å². The maximum atomic E-state index is 11.3. The second-order valence-electron chi connectivity index (χ2n) is 4.97. The standard InChI is InChI=1S/C18H16Cl2N2O4/c19-13-3-1-4-14(11-13)26-15-5-6-17(16(20)12-15)24-10-8-22-18(23)25-9-2-7-21/h1,3-6,11-12H,2,8-10H2,(H,22,23). The summed E-state index contributed by atoms with van der Waals surface area (Å²) < 4.78 is 15.9. The predicted molar refractivity (Wildman–Crippen MR) is 98.1 cm³/mol. The fourth-order valence-electron chi connectivity index (χ4n) is 1.88. The van der Waals surface area contributed by atoms with E-state index in [9.17, 15) is 4.79 Å². The van der Waals surface area contributed by atoms with Crippen molar-refractivity contribution in [3.63, 3.8) is 0 Å². The van der Waals surface area contributed by atoms with Gasteiger partial charge in [0.05, 0.1) is 24.1 Å². The molecule has 2 aromatic rings. The molecule has 0 bridgehead atoms. The molecule has 1 amide bonds. The molecule has 0 radical (unpaired) electrons. The lowest BCUT2D eigenvalue weighted by Crippen LogP contribution is -2.29. The average molecular weight is 395 g/mol. The second kappa shape index (κ2) is 10.4. The first-order valence-electron chi connectivity index (χ1n) is 7.72. The predicted octanol–water partition coefficient (Wildman–Crippen LogP) is 4.80. The van der Waals surface area contributed by atoms with E-state index < -0.39 is 6.09 Å². The van der Waals surface area contributed by atoms with Crippen LogP contribution in [0.2, 0.25) is 10.0 Å². The molecule has 6 nitrogen and oxygen atoms in total. The first kappa shape index (κ1) is 19.7. The van der Waals surface area contributed by atoms with Crippen molar-refractivity contribution in [2.75, 3.05) is 19.8 Å². The summed E-state index contributed by atoms with van der Waals surface area (Å²) in [5.41, 5.74) is 0. The Balaban J connectivity index is 1.78. The highest BCUT2D eigenvalue weighted by Crippen LogP contribution is 2.31. The van der Waals surface area contributed by atoms with Crippen LogP contribution in [-0.2, 0) is 4.74 Å². The number of carbonyl (C=O) groups is 1. The van der Waals surface area contributed by atoms with Gasteiger partial charge in [-0.3, -0.25) is 0 Å². The number of nitriles is 1. The maximum absolute atomic E-state index is 11.3. The van der Waals surface area contributed by atoms with Crippen LogP contribution in [0.1, 0.15) is 6.42 Å². The van der Waals surface area contributed by atoms with Gasteiger partial charge in [0.2, 0.25) is 0 Å². The number of rotatable bonds is 8. The first-order chi connectivity index (χ1) is 12.6. The molecule has 0 heterocycles. The molecule has 8 heteroatoms. The maximum Gasteiger partial charge on any atom is 0.407 e. The summed E-state index contributed by atoms with van der Waals surface area (Å²) in [5.74, 6) is 1.61. The molecule has 1 N–H and O–H groups in total. The van der Waals surface area contributed by atoms with Crippen LogP contribution in [0.25, 0.3) is 0 Å². The van der Waals surface area contributed by atoms with Crippen LogP contribution < -0.4 is 14.8 Å². The average Bonchev–Trinajstić information content (AvgIpc) is 2.60. The number of nitrogens with zero attached hydrogens (tertiary/aromatic N) is 1. The number of amides is 1. The minimum absolute atomic E-state index is 0.0586. The summed E-state index contributed by atoms with van der Waals surface area (Å²) in [6, 6.07) is 13.9. The molecule has 2 aromatic carbocycles. The van der Waals surface area contributed by atoms with Gasteiger partial charge in [0, 0.05) is 11.1 Å². The van der Waals surface area contributed by atoms with Crippen molar-refractivity contribution < 1.29 is 19.0 Å². The molecule has 0 aliphatic heterocycles. The van der Waals surface area contributed by atoms with E-state index in [-0.39, 0.29) is 26.2 Å². The van der Waals surface area contributed by atoms with Crippen molar-refractivity contribution in [2.24, 2.45) is 0 Å². The minimum Gasteiger partial charge on any atom is -0.490 e. The van der Waals surface area contributed by atoms with Crippen molar-refractivity contribution in [1.82, 2.24) is 5.32 Å². The zero-order chi connectivity index (χ0) is 18.8. The summed E-state index contributed by atoms with van der Waals surface area (Å²) in [4.78, 5) is 11.3. The van der Waals surface area contributed by atoms with Gasteiger partial charge < -0.3 is 19.5 Å². The third-order valence-corrected chi connectivity index (χ3v) is 3.54. The Kier molecular flexibility index (Phi) is 7.87. The number of hydrogen-bond donors (Lipinski definition) is 1. The van der Waals surface area contributed by atoms with Crippen LogP contribution in [0.15, 0.2) is 42.5 Å². The van der Waals surface area contributed by atoms with Gasteiger partial charge in [-0.1, -0.05) is 29.3 Å². The van der Waals surface area contributed by atoms with Gasteiger partial charge >= 0.3 is 6.09 Å². The molecule has 0 fully saturated rings. The number of nitrogens with one attached hydrogen (secondary N) is 1. The van der Waals surface area contributed by atoms with Gasteiger partial charge in [0.15, 0.2) is 0 Å². The van der Waals surface area contributed by atoms with E-state index in [1.54, 1.807) is 42.5 Å². The number of ether oxygens (including phenoxy) is 3. The lowest BCUT2D eigenvalue weighted by atomic mass is 10.3. The molecule has 0 saturated carbocycles. The van der Waals surface area contributed by atoms with Crippen molar-refractivity contribution in [3.05, 3.63) is 52.5 Å². The fraction of sp³-hybridized carbons (Fsp3) is 0.222. The summed E-state index contributed by atoms with van der Waals surface area (Å²) in [6.07, 6.45) is -0.441. The number of hydrogen-bond acceptors (Lipinski definition) is 5. The monoisotopic (exact) mass is 394 g/mol. The Bertz CT molecular complexity index is 793. The summed E-state index contributed by atoms with van der Waals surface area (Å²) in [5, 5.41) is 11.8. The van der Waals surface area contributed by atoms with Crippen LogP contribution in [0.3, 0.4) is 0 Å². The molecular formula is C18H16Cl2N2O4. The molecule has 0 aromatic heterocycles. The molecule has 0 atom stereocenters. The molecule has 26 heavy (non-hydrogen) atoms.